The molecule has 1 heterocycles. The average molecular weight is 395 g/mol. The Morgan fingerprint density at radius 1 is 0.897 bits per heavy atom. The number of nitrogens with zero attached hydrogens (tertiary/aromatic N) is 2. The Bertz CT molecular complexity index is 1040. The van der Waals surface area contributed by atoms with E-state index in [1.165, 1.54) is 21.3 Å². The van der Waals surface area contributed by atoms with Gasteiger partial charge in [-0.05, 0) is 56.2 Å². The Labute approximate surface area is 170 Å². The van der Waals surface area contributed by atoms with Crippen molar-refractivity contribution < 1.29 is 19.0 Å². The van der Waals surface area contributed by atoms with E-state index in [0.29, 0.717) is 28.6 Å². The first-order valence-electron chi connectivity index (χ1n) is 9.13. The quantitative estimate of drug-likeness (QED) is 0.681. The minimum absolute atomic E-state index is 0.304. The van der Waals surface area contributed by atoms with E-state index >= 15 is 0 Å². The van der Waals surface area contributed by atoms with Gasteiger partial charge in [0.2, 0.25) is 5.75 Å². The molecule has 3 aromatic rings. The lowest BCUT2D eigenvalue weighted by molar-refractivity contribution is 0.102. The van der Waals surface area contributed by atoms with Crippen LogP contribution in [-0.2, 0) is 0 Å². The van der Waals surface area contributed by atoms with Crippen molar-refractivity contribution in [2.75, 3.05) is 26.6 Å². The second-order valence-electron chi connectivity index (χ2n) is 6.76. The van der Waals surface area contributed by atoms with Crippen molar-refractivity contribution in [3.05, 3.63) is 58.8 Å². The van der Waals surface area contributed by atoms with Gasteiger partial charge in [-0.3, -0.25) is 4.79 Å². The predicted molar refractivity (Wildman–Crippen MR) is 112 cm³/mol. The van der Waals surface area contributed by atoms with E-state index in [4.69, 9.17) is 14.2 Å². The molecule has 2 aromatic carbocycles. The topological polar surface area (TPSA) is 74.6 Å². The summed E-state index contributed by atoms with van der Waals surface area (Å²) in [4.78, 5) is 13.1. The van der Waals surface area contributed by atoms with Crippen LogP contribution in [-0.4, -0.2) is 37.0 Å². The summed E-state index contributed by atoms with van der Waals surface area (Å²) in [6, 6.07) is 11.3. The largest absolute Gasteiger partial charge is 0.493 e. The molecule has 3 rings (SSSR count). The Morgan fingerprint density at radius 3 is 2.14 bits per heavy atom. The highest BCUT2D eigenvalue weighted by atomic mass is 16.5. The number of aryl methyl sites for hydroxylation is 3. The van der Waals surface area contributed by atoms with Crippen LogP contribution in [0.3, 0.4) is 0 Å². The first-order chi connectivity index (χ1) is 13.9. The maximum absolute atomic E-state index is 13.1. The van der Waals surface area contributed by atoms with Gasteiger partial charge in [-0.15, -0.1) is 0 Å². The van der Waals surface area contributed by atoms with E-state index in [0.717, 1.165) is 22.5 Å². The summed E-state index contributed by atoms with van der Waals surface area (Å²) in [7, 11) is 4.51. The number of anilines is 1. The summed E-state index contributed by atoms with van der Waals surface area (Å²) in [5, 5.41) is 7.47. The molecule has 0 radical (unpaired) electrons. The van der Waals surface area contributed by atoms with Gasteiger partial charge in [-0.1, -0.05) is 6.07 Å². The molecule has 0 bridgehead atoms. The molecule has 0 aliphatic heterocycles. The van der Waals surface area contributed by atoms with E-state index < -0.39 is 0 Å². The molecule has 7 nitrogen and oxygen atoms in total. The van der Waals surface area contributed by atoms with Crippen LogP contribution in [0.15, 0.2) is 36.4 Å². The van der Waals surface area contributed by atoms with E-state index in [9.17, 15) is 4.79 Å². The summed E-state index contributed by atoms with van der Waals surface area (Å²) >= 11 is 0. The number of hydrogen-bond acceptors (Lipinski definition) is 5. The van der Waals surface area contributed by atoms with Crippen LogP contribution in [0.2, 0.25) is 0 Å². The van der Waals surface area contributed by atoms with Gasteiger partial charge >= 0.3 is 0 Å². The van der Waals surface area contributed by atoms with Gasteiger partial charge in [-0.2, -0.15) is 5.10 Å². The van der Waals surface area contributed by atoms with Gasteiger partial charge < -0.3 is 19.5 Å². The first kappa shape index (κ1) is 20.3. The molecule has 7 heteroatoms. The third kappa shape index (κ3) is 4.03. The van der Waals surface area contributed by atoms with Crippen LogP contribution in [0.4, 0.5) is 5.82 Å². The number of carbonyl (C=O) groups excluding carboxylic acids is 1. The number of methoxy groups -OCH3 is 3. The molecule has 0 aliphatic rings. The number of rotatable bonds is 6. The zero-order valence-corrected chi connectivity index (χ0v) is 17.5. The van der Waals surface area contributed by atoms with Gasteiger partial charge in [0.25, 0.3) is 5.91 Å². The predicted octanol–water partition coefficient (Wildman–Crippen LogP) is 4.08. The summed E-state index contributed by atoms with van der Waals surface area (Å²) in [5.74, 6) is 1.37. The van der Waals surface area contributed by atoms with Crippen LogP contribution in [0.5, 0.6) is 17.2 Å². The molecule has 152 valence electrons. The van der Waals surface area contributed by atoms with Crippen LogP contribution >= 0.6 is 0 Å². The molecule has 0 atom stereocenters. The maximum atomic E-state index is 13.1. The molecule has 0 saturated heterocycles. The third-order valence-corrected chi connectivity index (χ3v) is 4.47. The monoisotopic (exact) mass is 395 g/mol. The molecular formula is C22H25N3O4. The lowest BCUT2D eigenvalue weighted by Crippen LogP contribution is -2.16. The second-order valence-corrected chi connectivity index (χ2v) is 6.76. The number of hydrogen-bond donors (Lipinski definition) is 1. The molecule has 0 spiro atoms. The fourth-order valence-electron chi connectivity index (χ4n) is 3.32. The number of carbonyl (C=O) groups is 1. The van der Waals surface area contributed by atoms with E-state index in [1.54, 1.807) is 16.8 Å². The van der Waals surface area contributed by atoms with Crippen molar-refractivity contribution in [2.24, 2.45) is 0 Å². The van der Waals surface area contributed by atoms with Crippen LogP contribution in [0.1, 0.15) is 27.2 Å². The van der Waals surface area contributed by atoms with Gasteiger partial charge in [0.05, 0.1) is 38.3 Å². The molecule has 1 aromatic heterocycles. The number of nitrogens with one attached hydrogen (secondary N) is 1. The molecule has 0 saturated carbocycles. The van der Waals surface area contributed by atoms with Crippen molar-refractivity contribution >= 4 is 11.7 Å². The van der Waals surface area contributed by atoms with Crippen molar-refractivity contribution in [2.45, 2.75) is 20.8 Å². The van der Waals surface area contributed by atoms with Crippen LogP contribution in [0.25, 0.3) is 5.69 Å². The van der Waals surface area contributed by atoms with Gasteiger partial charge in [0.1, 0.15) is 5.82 Å². The van der Waals surface area contributed by atoms with Crippen molar-refractivity contribution in [1.82, 2.24) is 9.78 Å². The highest BCUT2D eigenvalue weighted by Crippen LogP contribution is 2.40. The van der Waals surface area contributed by atoms with Crippen LogP contribution in [0, 0.1) is 20.8 Å². The van der Waals surface area contributed by atoms with E-state index in [2.05, 4.69) is 16.5 Å². The SMILES string of the molecule is COc1ccc(C(=O)Nc2cc(C)nn2-c2cc(C)cc(C)c2)c(OC)c1OC. The van der Waals surface area contributed by atoms with Crippen LogP contribution < -0.4 is 19.5 Å². The van der Waals surface area contributed by atoms with Crippen molar-refractivity contribution in [1.29, 1.82) is 0 Å². The molecule has 0 unspecified atom stereocenters. The van der Waals surface area contributed by atoms with Gasteiger partial charge in [0.15, 0.2) is 11.5 Å². The zero-order valence-electron chi connectivity index (χ0n) is 17.5. The summed E-state index contributed by atoms with van der Waals surface area (Å²) in [6.07, 6.45) is 0. The highest BCUT2D eigenvalue weighted by Gasteiger charge is 2.22. The van der Waals surface area contributed by atoms with Crippen molar-refractivity contribution in [3.63, 3.8) is 0 Å². The van der Waals surface area contributed by atoms with E-state index in [-0.39, 0.29) is 5.91 Å². The number of amides is 1. The number of aromatic nitrogens is 2. The summed E-state index contributed by atoms with van der Waals surface area (Å²) in [6.45, 7) is 5.94. The Morgan fingerprint density at radius 2 is 1.55 bits per heavy atom. The summed E-state index contributed by atoms with van der Waals surface area (Å²) in [5.41, 5.74) is 4.24. The number of benzene rings is 2. The molecular weight excluding hydrogens is 370 g/mol. The fourth-order valence-corrected chi connectivity index (χ4v) is 3.32. The van der Waals surface area contributed by atoms with Gasteiger partial charge in [0, 0.05) is 6.07 Å². The number of ether oxygens (including phenoxy) is 3. The standard InChI is InChI=1S/C22H25N3O4/c1-13-9-14(2)11-16(10-13)25-19(12-15(3)24-25)23-22(26)17-7-8-18(27-4)21(29-6)20(17)28-5/h7-12H,1-6H3,(H,23,26). The lowest BCUT2D eigenvalue weighted by Gasteiger charge is -2.16. The van der Waals surface area contributed by atoms with E-state index in [1.807, 2.05) is 39.0 Å². The Kier molecular flexibility index (Phi) is 5.77. The highest BCUT2D eigenvalue weighted by molar-refractivity contribution is 6.06. The second kappa shape index (κ2) is 8.26. The Hall–Kier alpha value is -3.48. The maximum Gasteiger partial charge on any atom is 0.260 e. The molecule has 0 fully saturated rings. The normalized spacial score (nSPS) is 10.6. The fraction of sp³-hybridized carbons (Fsp3) is 0.273. The average Bonchev–Trinajstić information content (AvgIpc) is 3.05. The first-order valence-corrected chi connectivity index (χ1v) is 9.13. The third-order valence-electron chi connectivity index (χ3n) is 4.47. The lowest BCUT2D eigenvalue weighted by atomic mass is 10.1. The minimum atomic E-state index is -0.340. The Balaban J connectivity index is 2.01. The summed E-state index contributed by atoms with van der Waals surface area (Å²) < 4.78 is 17.8. The molecule has 1 amide bonds. The van der Waals surface area contributed by atoms with Crippen molar-refractivity contribution in [3.8, 4) is 22.9 Å². The molecule has 1 N–H and O–H groups in total. The molecule has 0 aliphatic carbocycles. The smallest absolute Gasteiger partial charge is 0.260 e. The zero-order chi connectivity index (χ0) is 21.1. The minimum Gasteiger partial charge on any atom is -0.493 e. The molecule has 29 heavy (non-hydrogen) atoms. The van der Waals surface area contributed by atoms with Gasteiger partial charge in [-0.25, -0.2) is 4.68 Å².